The van der Waals surface area contributed by atoms with Crippen LogP contribution in [0.1, 0.15) is 21.6 Å². The maximum absolute atomic E-state index is 13.3. The van der Waals surface area contributed by atoms with Gasteiger partial charge in [-0.05, 0) is 55.7 Å². The van der Waals surface area contributed by atoms with Crippen molar-refractivity contribution in [2.45, 2.75) is 18.2 Å². The first-order valence-electron chi connectivity index (χ1n) is 8.86. The van der Waals surface area contributed by atoms with E-state index in [4.69, 9.17) is 0 Å². The first kappa shape index (κ1) is 20.1. The standard InChI is InChI=1S/C21H23FN4OS/c1-25(2)14-16-6-4-15(5-7-16)12-23-20(27)19-13-24-21(28-3)26(19)18-10-8-17(22)9-11-18/h4-11,13H,12,14H2,1-3H3,(H,23,27). The van der Waals surface area contributed by atoms with Crippen molar-refractivity contribution in [3.8, 4) is 5.69 Å². The molecule has 1 amide bonds. The number of amides is 1. The molecule has 0 bridgehead atoms. The fourth-order valence-electron chi connectivity index (χ4n) is 2.88. The summed E-state index contributed by atoms with van der Waals surface area (Å²) < 4.78 is 15.0. The van der Waals surface area contributed by atoms with Crippen LogP contribution in [0.25, 0.3) is 5.69 Å². The van der Waals surface area contributed by atoms with Crippen molar-refractivity contribution in [2.75, 3.05) is 20.4 Å². The Bertz CT molecular complexity index is 936. The molecule has 0 radical (unpaired) electrons. The predicted octanol–water partition coefficient (Wildman–Crippen LogP) is 3.72. The summed E-state index contributed by atoms with van der Waals surface area (Å²) in [6.45, 7) is 1.30. The summed E-state index contributed by atoms with van der Waals surface area (Å²) in [5, 5.41) is 3.61. The molecular weight excluding hydrogens is 375 g/mol. The second kappa shape index (κ2) is 9.03. The number of nitrogens with one attached hydrogen (secondary N) is 1. The summed E-state index contributed by atoms with van der Waals surface area (Å²) in [5.41, 5.74) is 3.36. The van der Waals surface area contributed by atoms with E-state index in [2.05, 4.69) is 27.3 Å². The minimum atomic E-state index is -0.321. The second-order valence-corrected chi connectivity index (χ2v) is 7.45. The number of hydrogen-bond acceptors (Lipinski definition) is 4. The molecule has 2 aromatic carbocycles. The van der Waals surface area contributed by atoms with Gasteiger partial charge in [0.2, 0.25) is 0 Å². The molecule has 0 saturated heterocycles. The number of rotatable bonds is 7. The van der Waals surface area contributed by atoms with Crippen LogP contribution in [0.3, 0.4) is 0 Å². The molecule has 1 N–H and O–H groups in total. The molecule has 0 spiro atoms. The van der Waals surface area contributed by atoms with Gasteiger partial charge in [0.1, 0.15) is 11.5 Å². The lowest BCUT2D eigenvalue weighted by molar-refractivity contribution is 0.0943. The number of aromatic nitrogens is 2. The van der Waals surface area contributed by atoms with E-state index in [1.54, 1.807) is 22.9 Å². The van der Waals surface area contributed by atoms with Crippen LogP contribution in [0.2, 0.25) is 0 Å². The number of halogens is 1. The summed E-state index contributed by atoms with van der Waals surface area (Å²) in [5.74, 6) is -0.548. The predicted molar refractivity (Wildman–Crippen MR) is 110 cm³/mol. The lowest BCUT2D eigenvalue weighted by Gasteiger charge is -2.12. The fourth-order valence-corrected chi connectivity index (χ4v) is 3.42. The molecule has 1 heterocycles. The molecule has 0 aliphatic heterocycles. The molecule has 146 valence electrons. The largest absolute Gasteiger partial charge is 0.347 e. The smallest absolute Gasteiger partial charge is 0.270 e. The first-order valence-corrected chi connectivity index (χ1v) is 10.1. The number of carbonyl (C=O) groups is 1. The van der Waals surface area contributed by atoms with Crippen LogP contribution >= 0.6 is 11.8 Å². The van der Waals surface area contributed by atoms with Gasteiger partial charge in [0.25, 0.3) is 5.91 Å². The third-order valence-electron chi connectivity index (χ3n) is 4.20. The molecule has 3 aromatic rings. The van der Waals surface area contributed by atoms with Crippen LogP contribution in [0.5, 0.6) is 0 Å². The van der Waals surface area contributed by atoms with Crippen LogP contribution in [0.4, 0.5) is 4.39 Å². The molecule has 28 heavy (non-hydrogen) atoms. The normalized spacial score (nSPS) is 11.0. The first-order chi connectivity index (χ1) is 13.5. The van der Waals surface area contributed by atoms with Gasteiger partial charge in [-0.1, -0.05) is 36.0 Å². The Morgan fingerprint density at radius 1 is 1.11 bits per heavy atom. The Labute approximate surface area is 168 Å². The summed E-state index contributed by atoms with van der Waals surface area (Å²) in [6.07, 6.45) is 3.43. The molecule has 0 unspecified atom stereocenters. The minimum Gasteiger partial charge on any atom is -0.347 e. The molecule has 0 aliphatic rings. The maximum Gasteiger partial charge on any atom is 0.270 e. The Kier molecular flexibility index (Phi) is 6.49. The number of carbonyl (C=O) groups excluding carboxylic acids is 1. The van der Waals surface area contributed by atoms with Crippen molar-refractivity contribution in [2.24, 2.45) is 0 Å². The van der Waals surface area contributed by atoms with Crippen LogP contribution in [0, 0.1) is 5.82 Å². The highest BCUT2D eigenvalue weighted by Crippen LogP contribution is 2.22. The summed E-state index contributed by atoms with van der Waals surface area (Å²) in [6, 6.07) is 14.2. The number of thioether (sulfide) groups is 1. The Balaban J connectivity index is 1.74. The fraction of sp³-hybridized carbons (Fsp3) is 0.238. The summed E-state index contributed by atoms with van der Waals surface area (Å²) >= 11 is 1.43. The lowest BCUT2D eigenvalue weighted by Crippen LogP contribution is -2.25. The monoisotopic (exact) mass is 398 g/mol. The highest BCUT2D eigenvalue weighted by molar-refractivity contribution is 7.98. The van der Waals surface area contributed by atoms with Crippen LogP contribution in [-0.2, 0) is 13.1 Å². The van der Waals surface area contributed by atoms with E-state index in [1.165, 1.54) is 29.5 Å². The molecule has 7 heteroatoms. The van der Waals surface area contributed by atoms with Crippen molar-refractivity contribution >= 4 is 17.7 Å². The maximum atomic E-state index is 13.3. The number of imidazole rings is 1. The second-order valence-electron chi connectivity index (χ2n) is 6.68. The van der Waals surface area contributed by atoms with Gasteiger partial charge in [0, 0.05) is 18.8 Å². The molecule has 0 fully saturated rings. The van der Waals surface area contributed by atoms with Crippen LogP contribution < -0.4 is 5.32 Å². The summed E-state index contributed by atoms with van der Waals surface area (Å²) in [4.78, 5) is 19.2. The van der Waals surface area contributed by atoms with Gasteiger partial charge in [0.15, 0.2) is 5.16 Å². The number of nitrogens with zero attached hydrogens (tertiary/aromatic N) is 3. The zero-order chi connectivity index (χ0) is 20.1. The molecule has 0 atom stereocenters. The molecule has 5 nitrogen and oxygen atoms in total. The zero-order valence-electron chi connectivity index (χ0n) is 16.1. The molecule has 3 rings (SSSR count). The van der Waals surface area contributed by atoms with E-state index in [0.29, 0.717) is 23.1 Å². The van der Waals surface area contributed by atoms with Gasteiger partial charge in [-0.15, -0.1) is 0 Å². The van der Waals surface area contributed by atoms with E-state index in [0.717, 1.165) is 12.1 Å². The lowest BCUT2D eigenvalue weighted by atomic mass is 10.1. The van der Waals surface area contributed by atoms with Crippen molar-refractivity contribution in [1.29, 1.82) is 0 Å². The minimum absolute atomic E-state index is 0.227. The average Bonchev–Trinajstić information content (AvgIpc) is 3.11. The van der Waals surface area contributed by atoms with E-state index < -0.39 is 0 Å². The average molecular weight is 399 g/mol. The Hall–Kier alpha value is -2.64. The van der Waals surface area contributed by atoms with Crippen LogP contribution in [0.15, 0.2) is 59.9 Å². The third-order valence-corrected chi connectivity index (χ3v) is 4.86. The Morgan fingerprint density at radius 2 is 1.75 bits per heavy atom. The van der Waals surface area contributed by atoms with E-state index in [1.807, 2.05) is 32.5 Å². The number of hydrogen-bond donors (Lipinski definition) is 1. The third kappa shape index (κ3) is 4.79. The molecule has 0 aliphatic carbocycles. The van der Waals surface area contributed by atoms with E-state index in [-0.39, 0.29) is 11.7 Å². The molecular formula is C21H23FN4OS. The van der Waals surface area contributed by atoms with Gasteiger partial charge in [-0.3, -0.25) is 9.36 Å². The van der Waals surface area contributed by atoms with E-state index >= 15 is 0 Å². The quantitative estimate of drug-likeness (QED) is 0.616. The van der Waals surface area contributed by atoms with E-state index in [9.17, 15) is 9.18 Å². The van der Waals surface area contributed by atoms with Gasteiger partial charge >= 0.3 is 0 Å². The highest BCUT2D eigenvalue weighted by Gasteiger charge is 2.17. The Morgan fingerprint density at radius 3 is 2.36 bits per heavy atom. The van der Waals surface area contributed by atoms with Crippen molar-refractivity contribution in [3.05, 3.63) is 77.4 Å². The number of benzene rings is 2. The van der Waals surface area contributed by atoms with Crippen LogP contribution in [-0.4, -0.2) is 40.7 Å². The topological polar surface area (TPSA) is 50.2 Å². The zero-order valence-corrected chi connectivity index (χ0v) is 17.0. The summed E-state index contributed by atoms with van der Waals surface area (Å²) in [7, 11) is 4.06. The SMILES string of the molecule is CSc1ncc(C(=O)NCc2ccc(CN(C)C)cc2)n1-c1ccc(F)cc1. The molecule has 1 aromatic heterocycles. The van der Waals surface area contributed by atoms with Gasteiger partial charge in [-0.2, -0.15) is 0 Å². The van der Waals surface area contributed by atoms with Crippen molar-refractivity contribution < 1.29 is 9.18 Å². The van der Waals surface area contributed by atoms with Gasteiger partial charge < -0.3 is 10.2 Å². The van der Waals surface area contributed by atoms with Gasteiger partial charge in [-0.25, -0.2) is 9.37 Å². The van der Waals surface area contributed by atoms with Crippen molar-refractivity contribution in [3.63, 3.8) is 0 Å². The van der Waals surface area contributed by atoms with Crippen molar-refractivity contribution in [1.82, 2.24) is 19.8 Å². The molecule has 0 saturated carbocycles. The van der Waals surface area contributed by atoms with Gasteiger partial charge in [0.05, 0.1) is 6.20 Å². The highest BCUT2D eigenvalue weighted by atomic mass is 32.2.